The van der Waals surface area contributed by atoms with Gasteiger partial charge in [-0.25, -0.2) is 18.1 Å². The molecule has 1 unspecified atom stereocenters. The zero-order chi connectivity index (χ0) is 19.5. The summed E-state index contributed by atoms with van der Waals surface area (Å²) in [6, 6.07) is 0.206. The molecule has 28 heavy (non-hydrogen) atoms. The molecule has 1 atom stereocenters. The van der Waals surface area contributed by atoms with Crippen molar-refractivity contribution in [1.82, 2.24) is 25.4 Å². The molecule has 0 spiro atoms. The number of hydrogen-bond acceptors (Lipinski definition) is 6. The van der Waals surface area contributed by atoms with Crippen LogP contribution < -0.4 is 10.6 Å². The second kappa shape index (κ2) is 9.70. The van der Waals surface area contributed by atoms with E-state index in [1.807, 2.05) is 11.6 Å². The van der Waals surface area contributed by atoms with E-state index in [0.29, 0.717) is 19.0 Å². The van der Waals surface area contributed by atoms with Crippen molar-refractivity contribution in [3.63, 3.8) is 0 Å². The van der Waals surface area contributed by atoms with Gasteiger partial charge in [0.05, 0.1) is 12.3 Å². The maximum atomic E-state index is 11.6. The molecule has 0 saturated heterocycles. The van der Waals surface area contributed by atoms with Crippen LogP contribution in [0.5, 0.6) is 0 Å². The van der Waals surface area contributed by atoms with E-state index in [4.69, 9.17) is 4.74 Å². The number of aryl methyl sites for hydroxylation is 1. The molecule has 1 saturated carbocycles. The number of hydrogen-bond donors (Lipinski definition) is 2. The van der Waals surface area contributed by atoms with Crippen LogP contribution in [0.4, 0.5) is 0 Å². The van der Waals surface area contributed by atoms with Gasteiger partial charge in [0.2, 0.25) is 0 Å². The fourth-order valence-electron chi connectivity index (χ4n) is 3.51. The normalized spacial score (nSPS) is 20.8. The molecule has 1 fully saturated rings. The summed E-state index contributed by atoms with van der Waals surface area (Å²) < 4.78 is 30.3. The standard InChI is InChI=1S/C17H30N6O3S.HI/c1-4-18-16(19-11-17(7-8-17)12-27(3,24)25)20-13-5-6-15-21-14(10-26-2)22-23(15)9-13;/h13H,4-12H2,1-3H3,(H2,18,19,20);1H. The van der Waals surface area contributed by atoms with E-state index in [-0.39, 0.29) is 41.2 Å². The Balaban J connectivity index is 0.00000280. The maximum Gasteiger partial charge on any atom is 0.191 e. The van der Waals surface area contributed by atoms with Gasteiger partial charge in [-0.1, -0.05) is 0 Å². The molecule has 0 aromatic carbocycles. The number of rotatable bonds is 8. The third-order valence-electron chi connectivity index (χ3n) is 4.96. The zero-order valence-corrected chi connectivity index (χ0v) is 19.9. The van der Waals surface area contributed by atoms with Gasteiger partial charge in [0, 0.05) is 44.3 Å². The van der Waals surface area contributed by atoms with Crippen LogP contribution >= 0.6 is 24.0 Å². The first-order chi connectivity index (χ1) is 12.8. The van der Waals surface area contributed by atoms with Gasteiger partial charge in [-0.15, -0.1) is 24.0 Å². The number of methoxy groups -OCH3 is 1. The number of halogens is 1. The van der Waals surface area contributed by atoms with Crippen molar-refractivity contribution in [2.24, 2.45) is 10.4 Å². The molecule has 0 radical (unpaired) electrons. The Bertz CT molecular complexity index is 791. The molecule has 0 bridgehead atoms. The van der Waals surface area contributed by atoms with Crippen molar-refractivity contribution in [2.75, 3.05) is 32.2 Å². The summed E-state index contributed by atoms with van der Waals surface area (Å²) in [6.07, 6.45) is 4.96. The predicted octanol–water partition coefficient (Wildman–Crippen LogP) is 0.737. The molecule has 1 aliphatic carbocycles. The molecular weight excluding hydrogens is 495 g/mol. The second-order valence-electron chi connectivity index (χ2n) is 7.70. The number of ether oxygens (including phenoxy) is 1. The van der Waals surface area contributed by atoms with Crippen molar-refractivity contribution >= 4 is 39.8 Å². The minimum atomic E-state index is -2.98. The molecule has 160 valence electrons. The first-order valence-corrected chi connectivity index (χ1v) is 11.5. The Morgan fingerprint density at radius 3 is 2.79 bits per heavy atom. The number of nitrogens with zero attached hydrogens (tertiary/aromatic N) is 4. The molecule has 1 aromatic rings. The number of aromatic nitrogens is 3. The average molecular weight is 526 g/mol. The fourth-order valence-corrected chi connectivity index (χ4v) is 5.00. The van der Waals surface area contributed by atoms with E-state index in [0.717, 1.165) is 50.6 Å². The van der Waals surface area contributed by atoms with Crippen molar-refractivity contribution in [3.8, 4) is 0 Å². The third kappa shape index (κ3) is 6.55. The van der Waals surface area contributed by atoms with Crippen LogP contribution in [0, 0.1) is 5.41 Å². The van der Waals surface area contributed by atoms with Crippen LogP contribution in [0.1, 0.15) is 37.8 Å². The van der Waals surface area contributed by atoms with Crippen LogP contribution in [-0.4, -0.2) is 67.4 Å². The summed E-state index contributed by atoms with van der Waals surface area (Å²) in [5.41, 5.74) is -0.170. The van der Waals surface area contributed by atoms with Crippen molar-refractivity contribution in [2.45, 2.75) is 51.8 Å². The highest BCUT2D eigenvalue weighted by atomic mass is 127. The van der Waals surface area contributed by atoms with Crippen LogP contribution in [-0.2, 0) is 34.1 Å². The minimum absolute atomic E-state index is 0. The van der Waals surface area contributed by atoms with E-state index < -0.39 is 9.84 Å². The maximum absolute atomic E-state index is 11.6. The number of fused-ring (bicyclic) bond motifs is 1. The summed E-state index contributed by atoms with van der Waals surface area (Å²) in [6.45, 7) is 4.46. The van der Waals surface area contributed by atoms with Crippen LogP contribution in [0.15, 0.2) is 4.99 Å². The molecule has 3 rings (SSSR count). The Morgan fingerprint density at radius 1 is 1.43 bits per heavy atom. The van der Waals surface area contributed by atoms with Gasteiger partial charge < -0.3 is 15.4 Å². The first kappa shape index (κ1) is 23.3. The number of aliphatic imine (C=N–C) groups is 1. The topological polar surface area (TPSA) is 110 Å². The van der Waals surface area contributed by atoms with Crippen LogP contribution in [0.25, 0.3) is 0 Å². The smallest absolute Gasteiger partial charge is 0.191 e. The molecule has 2 aliphatic rings. The molecule has 2 heterocycles. The highest BCUT2D eigenvalue weighted by molar-refractivity contribution is 14.0. The average Bonchev–Trinajstić information content (AvgIpc) is 3.20. The van der Waals surface area contributed by atoms with Crippen molar-refractivity contribution < 1.29 is 13.2 Å². The van der Waals surface area contributed by atoms with Gasteiger partial charge in [0.25, 0.3) is 0 Å². The van der Waals surface area contributed by atoms with Crippen LogP contribution in [0.2, 0.25) is 0 Å². The Labute approximate surface area is 184 Å². The first-order valence-electron chi connectivity index (χ1n) is 9.46. The number of guanidine groups is 1. The lowest BCUT2D eigenvalue weighted by molar-refractivity contribution is 0.177. The lowest BCUT2D eigenvalue weighted by Gasteiger charge is -2.25. The third-order valence-corrected chi connectivity index (χ3v) is 6.10. The lowest BCUT2D eigenvalue weighted by Crippen LogP contribution is -2.47. The fraction of sp³-hybridized carbons (Fsp3) is 0.824. The summed E-state index contributed by atoms with van der Waals surface area (Å²) in [4.78, 5) is 9.18. The predicted molar refractivity (Wildman–Crippen MR) is 119 cm³/mol. The summed E-state index contributed by atoms with van der Waals surface area (Å²) in [5.74, 6) is 2.66. The molecule has 11 heteroatoms. The Hall–Kier alpha value is -0.950. The number of nitrogens with one attached hydrogen (secondary N) is 2. The van der Waals surface area contributed by atoms with Gasteiger partial charge in [0.15, 0.2) is 11.8 Å². The van der Waals surface area contributed by atoms with Crippen molar-refractivity contribution in [3.05, 3.63) is 11.6 Å². The van der Waals surface area contributed by atoms with Gasteiger partial charge in [-0.05, 0) is 26.2 Å². The molecular formula is C17H31IN6O3S. The summed E-state index contributed by atoms with van der Waals surface area (Å²) in [7, 11) is -1.34. The Morgan fingerprint density at radius 2 is 2.18 bits per heavy atom. The second-order valence-corrected chi connectivity index (χ2v) is 9.84. The van der Waals surface area contributed by atoms with Crippen molar-refractivity contribution in [1.29, 1.82) is 0 Å². The van der Waals surface area contributed by atoms with Gasteiger partial charge in [-0.2, -0.15) is 5.10 Å². The van der Waals surface area contributed by atoms with E-state index in [1.54, 1.807) is 7.11 Å². The number of sulfone groups is 1. The summed E-state index contributed by atoms with van der Waals surface area (Å²) >= 11 is 0. The van der Waals surface area contributed by atoms with Gasteiger partial charge in [-0.3, -0.25) is 4.99 Å². The van der Waals surface area contributed by atoms with Crippen LogP contribution in [0.3, 0.4) is 0 Å². The van der Waals surface area contributed by atoms with E-state index in [2.05, 4.69) is 25.7 Å². The molecule has 1 aliphatic heterocycles. The lowest BCUT2D eigenvalue weighted by atomic mass is 10.1. The van der Waals surface area contributed by atoms with E-state index in [9.17, 15) is 8.42 Å². The highest BCUT2D eigenvalue weighted by Gasteiger charge is 2.45. The molecule has 0 amide bonds. The largest absolute Gasteiger partial charge is 0.377 e. The van der Waals surface area contributed by atoms with Gasteiger partial charge >= 0.3 is 0 Å². The van der Waals surface area contributed by atoms with E-state index in [1.165, 1.54) is 6.26 Å². The van der Waals surface area contributed by atoms with Gasteiger partial charge in [0.1, 0.15) is 22.3 Å². The summed E-state index contributed by atoms with van der Waals surface area (Å²) in [5, 5.41) is 11.2. The molecule has 2 N–H and O–H groups in total. The Kier molecular flexibility index (Phi) is 8.08. The minimum Gasteiger partial charge on any atom is -0.377 e. The SMILES string of the molecule is CCNC(=NCC1(CS(C)(=O)=O)CC1)NC1CCc2nc(COC)nn2C1.I. The molecule has 1 aromatic heterocycles. The highest BCUT2D eigenvalue weighted by Crippen LogP contribution is 2.46. The monoisotopic (exact) mass is 526 g/mol. The quantitative estimate of drug-likeness (QED) is 0.292. The molecule has 9 nitrogen and oxygen atoms in total. The van der Waals surface area contributed by atoms with E-state index >= 15 is 0 Å². The zero-order valence-electron chi connectivity index (χ0n) is 16.8.